The van der Waals surface area contributed by atoms with Crippen LogP contribution in [-0.2, 0) is 10.9 Å². The highest BCUT2D eigenvalue weighted by atomic mass is 35.5. The van der Waals surface area contributed by atoms with Crippen LogP contribution in [0.15, 0.2) is 88.7 Å². The SMILES string of the molecule is O=C(C[S+](c1ccc(Cl)cc1)c1ccc(Cl)cc1)c1ccccc1. The second-order valence-corrected chi connectivity index (χ2v) is 8.12. The second-order valence-electron chi connectivity index (χ2n) is 5.23. The van der Waals surface area contributed by atoms with Crippen molar-refractivity contribution in [1.82, 2.24) is 0 Å². The molecule has 0 unspecified atom stereocenters. The van der Waals surface area contributed by atoms with Crippen LogP contribution < -0.4 is 0 Å². The number of hydrogen-bond donors (Lipinski definition) is 0. The molecule has 0 amide bonds. The van der Waals surface area contributed by atoms with Crippen molar-refractivity contribution in [2.75, 3.05) is 5.75 Å². The van der Waals surface area contributed by atoms with Gasteiger partial charge in [-0.1, -0.05) is 53.5 Å². The molecule has 3 aromatic rings. The van der Waals surface area contributed by atoms with Crippen LogP contribution in [0.25, 0.3) is 0 Å². The molecule has 0 radical (unpaired) electrons. The monoisotopic (exact) mass is 373 g/mol. The summed E-state index contributed by atoms with van der Waals surface area (Å²) in [6.45, 7) is 0. The van der Waals surface area contributed by atoms with Gasteiger partial charge in [0.15, 0.2) is 15.5 Å². The molecule has 0 saturated heterocycles. The van der Waals surface area contributed by atoms with Crippen molar-refractivity contribution in [1.29, 1.82) is 0 Å². The number of Topliss-reactive ketones (excluding diaryl/α,β-unsaturated/α-hetero) is 1. The second kappa shape index (κ2) is 7.89. The summed E-state index contributed by atoms with van der Waals surface area (Å²) >= 11 is 12.0. The van der Waals surface area contributed by atoms with Gasteiger partial charge in [-0.15, -0.1) is 0 Å². The average molecular weight is 374 g/mol. The van der Waals surface area contributed by atoms with Gasteiger partial charge in [0.2, 0.25) is 5.78 Å². The van der Waals surface area contributed by atoms with Crippen molar-refractivity contribution in [3.05, 3.63) is 94.5 Å². The van der Waals surface area contributed by atoms with E-state index in [1.807, 2.05) is 78.9 Å². The van der Waals surface area contributed by atoms with E-state index in [0.717, 1.165) is 15.4 Å². The van der Waals surface area contributed by atoms with Crippen molar-refractivity contribution in [2.24, 2.45) is 0 Å². The lowest BCUT2D eigenvalue weighted by Gasteiger charge is -2.08. The van der Waals surface area contributed by atoms with Crippen molar-refractivity contribution < 1.29 is 4.79 Å². The lowest BCUT2D eigenvalue weighted by atomic mass is 10.2. The Kier molecular flexibility index (Phi) is 5.62. The third kappa shape index (κ3) is 4.21. The van der Waals surface area contributed by atoms with Gasteiger partial charge in [0.1, 0.15) is 0 Å². The maximum absolute atomic E-state index is 12.7. The minimum absolute atomic E-state index is 0.129. The molecule has 4 heteroatoms. The van der Waals surface area contributed by atoms with Crippen molar-refractivity contribution in [2.45, 2.75) is 9.79 Å². The van der Waals surface area contributed by atoms with E-state index in [9.17, 15) is 4.79 Å². The predicted molar refractivity (Wildman–Crippen MR) is 102 cm³/mol. The Morgan fingerprint density at radius 2 is 1.17 bits per heavy atom. The predicted octanol–water partition coefficient (Wildman–Crippen LogP) is 5.91. The van der Waals surface area contributed by atoms with E-state index in [-0.39, 0.29) is 16.7 Å². The van der Waals surface area contributed by atoms with Gasteiger partial charge in [-0.3, -0.25) is 4.79 Å². The molecule has 24 heavy (non-hydrogen) atoms. The summed E-state index contributed by atoms with van der Waals surface area (Å²) in [5, 5.41) is 1.38. The zero-order valence-electron chi connectivity index (χ0n) is 12.8. The fourth-order valence-corrected chi connectivity index (χ4v) is 4.55. The van der Waals surface area contributed by atoms with Crippen molar-refractivity contribution in [3.8, 4) is 0 Å². The van der Waals surface area contributed by atoms with Crippen LogP contribution in [0.5, 0.6) is 0 Å². The van der Waals surface area contributed by atoms with E-state index in [1.54, 1.807) is 0 Å². The Morgan fingerprint density at radius 3 is 1.62 bits per heavy atom. The van der Waals surface area contributed by atoms with Gasteiger partial charge < -0.3 is 0 Å². The summed E-state index contributed by atoms with van der Waals surface area (Å²) in [6.07, 6.45) is 0. The normalized spacial score (nSPS) is 10.8. The quantitative estimate of drug-likeness (QED) is 0.401. The molecule has 0 aliphatic heterocycles. The van der Waals surface area contributed by atoms with E-state index in [4.69, 9.17) is 23.2 Å². The molecule has 0 heterocycles. The van der Waals surface area contributed by atoms with E-state index in [1.165, 1.54) is 0 Å². The Morgan fingerprint density at radius 1 is 0.708 bits per heavy atom. The smallest absolute Gasteiger partial charge is 0.212 e. The van der Waals surface area contributed by atoms with Crippen LogP contribution in [0.1, 0.15) is 10.4 Å². The molecular weight excluding hydrogens is 359 g/mol. The minimum Gasteiger partial charge on any atom is -0.289 e. The number of benzene rings is 3. The maximum Gasteiger partial charge on any atom is 0.212 e. The first-order valence-corrected chi connectivity index (χ1v) is 9.59. The summed E-state index contributed by atoms with van der Waals surface area (Å²) in [5.74, 6) is 0.552. The first kappa shape index (κ1) is 17.1. The van der Waals surface area contributed by atoms with Crippen LogP contribution in [0.2, 0.25) is 10.0 Å². The van der Waals surface area contributed by atoms with Crippen LogP contribution >= 0.6 is 23.2 Å². The number of carbonyl (C=O) groups is 1. The van der Waals surface area contributed by atoms with Gasteiger partial charge in [0.25, 0.3) is 0 Å². The highest BCUT2D eigenvalue weighted by Crippen LogP contribution is 2.27. The van der Waals surface area contributed by atoms with Gasteiger partial charge in [-0.25, -0.2) is 0 Å². The molecule has 0 atom stereocenters. The lowest BCUT2D eigenvalue weighted by Crippen LogP contribution is -2.17. The molecule has 0 bridgehead atoms. The first-order valence-electron chi connectivity index (χ1n) is 7.44. The molecule has 0 aromatic heterocycles. The van der Waals surface area contributed by atoms with Crippen LogP contribution in [0, 0.1) is 0 Å². The fraction of sp³-hybridized carbons (Fsp3) is 0.0500. The molecule has 1 nitrogen and oxygen atoms in total. The van der Waals surface area contributed by atoms with E-state index in [2.05, 4.69) is 0 Å². The number of carbonyl (C=O) groups excluding carboxylic acids is 1. The maximum atomic E-state index is 12.7. The Labute approximate surface area is 154 Å². The number of hydrogen-bond acceptors (Lipinski definition) is 1. The molecule has 3 rings (SSSR count). The fourth-order valence-electron chi connectivity index (χ4n) is 2.34. The van der Waals surface area contributed by atoms with Gasteiger partial charge in [0, 0.05) is 15.6 Å². The van der Waals surface area contributed by atoms with Crippen LogP contribution in [0.3, 0.4) is 0 Å². The van der Waals surface area contributed by atoms with Crippen LogP contribution in [0.4, 0.5) is 0 Å². The van der Waals surface area contributed by atoms with Gasteiger partial charge >= 0.3 is 0 Å². The molecule has 0 N–H and O–H groups in total. The molecule has 120 valence electrons. The highest BCUT2D eigenvalue weighted by molar-refractivity contribution is 7.97. The summed E-state index contributed by atoms with van der Waals surface area (Å²) < 4.78 is 0. The number of halogens is 2. The molecule has 0 fully saturated rings. The molecule has 0 saturated carbocycles. The average Bonchev–Trinajstić information content (AvgIpc) is 2.62. The lowest BCUT2D eigenvalue weighted by molar-refractivity contribution is 0.102. The molecular formula is C20H15Cl2OS+. The zero-order valence-corrected chi connectivity index (χ0v) is 15.1. The van der Waals surface area contributed by atoms with Crippen molar-refractivity contribution >= 4 is 39.9 Å². The third-order valence-corrected chi connectivity index (χ3v) is 6.30. The zero-order chi connectivity index (χ0) is 16.9. The van der Waals surface area contributed by atoms with E-state index in [0.29, 0.717) is 15.8 Å². The highest BCUT2D eigenvalue weighted by Gasteiger charge is 2.29. The largest absolute Gasteiger partial charge is 0.289 e. The van der Waals surface area contributed by atoms with Crippen LogP contribution in [-0.4, -0.2) is 11.5 Å². The van der Waals surface area contributed by atoms with Gasteiger partial charge in [-0.2, -0.15) is 0 Å². The summed E-state index contributed by atoms with van der Waals surface area (Å²) in [4.78, 5) is 14.9. The standard InChI is InChI=1S/C20H15Cl2OS/c21-16-6-10-18(11-7-16)24(19-12-8-17(22)9-13-19)14-20(23)15-4-2-1-3-5-15/h1-13H,14H2/q+1. The Balaban J connectivity index is 1.94. The summed E-state index contributed by atoms with van der Waals surface area (Å²) in [5.41, 5.74) is 0.734. The summed E-state index contributed by atoms with van der Waals surface area (Å²) in [6, 6.07) is 24.8. The molecule has 0 aliphatic rings. The number of ketones is 1. The Hall–Kier alpha value is -1.74. The minimum atomic E-state index is -0.365. The Bertz CT molecular complexity index is 769. The van der Waals surface area contributed by atoms with E-state index < -0.39 is 0 Å². The molecule has 3 aromatic carbocycles. The summed E-state index contributed by atoms with van der Waals surface area (Å²) in [7, 11) is -0.365. The van der Waals surface area contributed by atoms with Crippen molar-refractivity contribution in [3.63, 3.8) is 0 Å². The third-order valence-electron chi connectivity index (χ3n) is 3.57. The van der Waals surface area contributed by atoms with Gasteiger partial charge in [0.05, 0.1) is 10.9 Å². The number of rotatable bonds is 5. The van der Waals surface area contributed by atoms with E-state index >= 15 is 0 Å². The van der Waals surface area contributed by atoms with Gasteiger partial charge in [-0.05, 0) is 48.5 Å². The molecule has 0 aliphatic carbocycles. The topological polar surface area (TPSA) is 17.1 Å². The first-order chi connectivity index (χ1) is 11.6. The molecule has 0 spiro atoms.